The average Bonchev–Trinajstić information content (AvgIpc) is 2.96. The zero-order valence-corrected chi connectivity index (χ0v) is 29.8. The molecule has 0 spiro atoms. The molecule has 0 rings (SSSR count). The molecule has 0 fully saturated rings. The molecule has 0 saturated carbocycles. The molecule has 2 atom stereocenters. The van der Waals surface area contributed by atoms with Gasteiger partial charge in [-0.05, 0) is 24.7 Å². The van der Waals surface area contributed by atoms with E-state index in [1.54, 1.807) is 0 Å². The van der Waals surface area contributed by atoms with E-state index in [0.29, 0.717) is 12.8 Å². The predicted octanol–water partition coefficient (Wildman–Crippen LogP) is 11.9. The number of nitrogens with one attached hydrogen (secondary N) is 1. The van der Waals surface area contributed by atoms with Crippen molar-refractivity contribution in [3.63, 3.8) is 0 Å². The van der Waals surface area contributed by atoms with Gasteiger partial charge in [0.15, 0.2) is 0 Å². The van der Waals surface area contributed by atoms with Crippen LogP contribution in [0.15, 0.2) is 0 Å². The Hall–Kier alpha value is -0.330. The monoisotopic (exact) mass is 690 g/mol. The minimum atomic E-state index is -0.154. The number of carbonyl (C=O) groups is 2. The van der Waals surface area contributed by atoms with Gasteiger partial charge in [0, 0.05) is 12.8 Å². The van der Waals surface area contributed by atoms with Crippen molar-refractivity contribution >= 4 is 34.7 Å². The lowest BCUT2D eigenvalue weighted by molar-refractivity contribution is -0.119. The number of hydrogen-bond donors (Lipinski definition) is 2. The quantitative estimate of drug-likeness (QED) is 0.0409. The fourth-order valence-electron chi connectivity index (χ4n) is 6.46. The molecular weight excluding hydrogens is 619 g/mol. The first-order chi connectivity index (χ1) is 20.0. The largest absolute Gasteiger partial charge is 0.370 e. The third-order valence-corrected chi connectivity index (χ3v) is 9.71. The van der Waals surface area contributed by atoms with E-state index in [9.17, 15) is 9.59 Å². The van der Waals surface area contributed by atoms with Crippen LogP contribution in [0.25, 0.3) is 0 Å². The van der Waals surface area contributed by atoms with Crippen LogP contribution in [0.1, 0.15) is 206 Å². The maximum atomic E-state index is 11.5. The van der Waals surface area contributed by atoms with Crippen molar-refractivity contribution in [1.82, 2.24) is 3.53 Å². The van der Waals surface area contributed by atoms with Gasteiger partial charge in [0.25, 0.3) is 0 Å². The summed E-state index contributed by atoms with van der Waals surface area (Å²) in [7, 11) is 0. The lowest BCUT2D eigenvalue weighted by Crippen LogP contribution is -2.16. The maximum Gasteiger partial charge on any atom is 0.228 e. The number of amides is 2. The maximum absolute atomic E-state index is 11.5. The van der Waals surface area contributed by atoms with E-state index in [2.05, 4.69) is 17.4 Å². The van der Waals surface area contributed by atoms with Crippen LogP contribution in [0.2, 0.25) is 0 Å². The molecular formula is C36H71IN2O2. The molecule has 0 aromatic rings. The normalized spacial score (nSPS) is 12.9. The van der Waals surface area contributed by atoms with E-state index in [1.165, 1.54) is 161 Å². The predicted molar refractivity (Wildman–Crippen MR) is 188 cm³/mol. The molecule has 3 N–H and O–H groups in total. The van der Waals surface area contributed by atoms with Crippen LogP contribution in [-0.4, -0.2) is 11.8 Å². The summed E-state index contributed by atoms with van der Waals surface area (Å²) in [6.45, 7) is 4.61. The summed E-state index contributed by atoms with van der Waals surface area (Å²) in [6, 6.07) is 0. The number of carbonyl (C=O) groups excluding carboxylic acids is 2. The molecule has 4 nitrogen and oxygen atoms in total. The van der Waals surface area contributed by atoms with E-state index in [1.807, 2.05) is 22.9 Å². The smallest absolute Gasteiger partial charge is 0.228 e. The number of halogens is 1. The van der Waals surface area contributed by atoms with Crippen molar-refractivity contribution in [3.8, 4) is 0 Å². The summed E-state index contributed by atoms with van der Waals surface area (Å²) in [5, 5.41) is 0. The Morgan fingerprint density at radius 3 is 1.10 bits per heavy atom. The molecule has 0 aromatic carbocycles. The second-order valence-electron chi connectivity index (χ2n) is 12.9. The highest BCUT2D eigenvalue weighted by Gasteiger charge is 2.20. The Morgan fingerprint density at radius 2 is 0.780 bits per heavy atom. The summed E-state index contributed by atoms with van der Waals surface area (Å²) in [5.74, 6) is 1.80. The molecule has 244 valence electrons. The van der Waals surface area contributed by atoms with Crippen molar-refractivity contribution in [2.24, 2.45) is 17.6 Å². The molecule has 0 bridgehead atoms. The van der Waals surface area contributed by atoms with Crippen molar-refractivity contribution in [2.45, 2.75) is 206 Å². The van der Waals surface area contributed by atoms with Crippen molar-refractivity contribution < 1.29 is 9.59 Å². The second-order valence-corrected chi connectivity index (χ2v) is 13.5. The highest BCUT2D eigenvalue weighted by molar-refractivity contribution is 14.1. The summed E-state index contributed by atoms with van der Waals surface area (Å²) in [6.07, 6.45) is 38.7. The van der Waals surface area contributed by atoms with Crippen LogP contribution in [0.5, 0.6) is 0 Å². The van der Waals surface area contributed by atoms with E-state index >= 15 is 0 Å². The Bertz CT molecular complexity index is 572. The van der Waals surface area contributed by atoms with Crippen LogP contribution >= 0.6 is 22.9 Å². The summed E-state index contributed by atoms with van der Waals surface area (Å²) < 4.78 is 2.71. The van der Waals surface area contributed by atoms with Gasteiger partial charge in [-0.1, -0.05) is 181 Å². The van der Waals surface area contributed by atoms with Gasteiger partial charge < -0.3 is 5.73 Å². The van der Waals surface area contributed by atoms with Gasteiger partial charge in [-0.3, -0.25) is 13.1 Å². The SMILES string of the molecule is CCCCCCCCCC(CCCCCCCC(N)=O)C(CCCCCCCCC)CCCCCCCC(=O)NI. The summed E-state index contributed by atoms with van der Waals surface area (Å²) in [5.41, 5.74) is 5.31. The van der Waals surface area contributed by atoms with Gasteiger partial charge in [-0.2, -0.15) is 0 Å². The van der Waals surface area contributed by atoms with Crippen LogP contribution in [0.3, 0.4) is 0 Å². The first-order valence-electron chi connectivity index (χ1n) is 18.2. The number of unbranched alkanes of at least 4 members (excludes halogenated alkanes) is 20. The fraction of sp³-hybridized carbons (Fsp3) is 0.944. The van der Waals surface area contributed by atoms with E-state index in [-0.39, 0.29) is 11.8 Å². The third-order valence-electron chi connectivity index (χ3n) is 9.11. The molecule has 5 heteroatoms. The Morgan fingerprint density at radius 1 is 0.488 bits per heavy atom. The van der Waals surface area contributed by atoms with E-state index < -0.39 is 0 Å². The Labute approximate surface area is 270 Å². The first kappa shape index (κ1) is 40.7. The standard InChI is InChI=1S/C36H71IN2O2/c1-3-5-7-9-11-15-21-27-33(29-23-17-13-19-25-31-35(38)40)34(28-22-16-12-10-8-6-4-2)30-24-18-14-20-26-32-36(41)39-37/h33-34H,3-32H2,1-2H3,(H2,38,40)(H,39,41). The summed E-state index contributed by atoms with van der Waals surface area (Å²) >= 11 is 1.94. The number of hydrogen-bond acceptors (Lipinski definition) is 2. The summed E-state index contributed by atoms with van der Waals surface area (Å²) in [4.78, 5) is 22.5. The topological polar surface area (TPSA) is 72.2 Å². The third kappa shape index (κ3) is 29.5. The van der Waals surface area contributed by atoms with Gasteiger partial charge in [-0.15, -0.1) is 0 Å². The molecule has 41 heavy (non-hydrogen) atoms. The average molecular weight is 691 g/mol. The molecule has 0 aliphatic rings. The lowest BCUT2D eigenvalue weighted by Gasteiger charge is -2.28. The zero-order valence-electron chi connectivity index (χ0n) is 27.6. The number of primary amides is 1. The molecule has 0 aromatic heterocycles. The van der Waals surface area contributed by atoms with Crippen LogP contribution in [0.4, 0.5) is 0 Å². The van der Waals surface area contributed by atoms with Gasteiger partial charge in [0.1, 0.15) is 0 Å². The minimum absolute atomic E-state index is 0.154. The van der Waals surface area contributed by atoms with Gasteiger partial charge >= 0.3 is 0 Å². The molecule has 0 heterocycles. The fourth-order valence-corrected chi connectivity index (χ4v) is 6.73. The highest BCUT2D eigenvalue weighted by atomic mass is 127. The molecule has 2 amide bonds. The Balaban J connectivity index is 4.80. The van der Waals surface area contributed by atoms with Gasteiger partial charge in [0.2, 0.25) is 11.8 Å². The van der Waals surface area contributed by atoms with E-state index in [4.69, 9.17) is 5.73 Å². The van der Waals surface area contributed by atoms with E-state index in [0.717, 1.165) is 31.1 Å². The second kappa shape index (κ2) is 32.6. The van der Waals surface area contributed by atoms with Crippen LogP contribution < -0.4 is 9.26 Å². The van der Waals surface area contributed by atoms with Gasteiger partial charge in [0.05, 0.1) is 22.9 Å². The lowest BCUT2D eigenvalue weighted by atomic mass is 9.78. The molecule has 0 aliphatic heterocycles. The Kier molecular flexibility index (Phi) is 32.3. The number of rotatable bonds is 33. The van der Waals surface area contributed by atoms with Crippen molar-refractivity contribution in [3.05, 3.63) is 0 Å². The number of nitrogens with two attached hydrogens (primary N) is 1. The highest BCUT2D eigenvalue weighted by Crippen LogP contribution is 2.33. The minimum Gasteiger partial charge on any atom is -0.370 e. The molecule has 0 saturated heterocycles. The van der Waals surface area contributed by atoms with Crippen molar-refractivity contribution in [2.75, 3.05) is 0 Å². The zero-order chi connectivity index (χ0) is 30.2. The molecule has 0 aliphatic carbocycles. The van der Waals surface area contributed by atoms with Crippen LogP contribution in [0, 0.1) is 11.8 Å². The molecule has 2 unspecified atom stereocenters. The molecule has 0 radical (unpaired) electrons. The van der Waals surface area contributed by atoms with Gasteiger partial charge in [-0.25, -0.2) is 0 Å². The van der Waals surface area contributed by atoms with Crippen LogP contribution in [-0.2, 0) is 9.59 Å². The van der Waals surface area contributed by atoms with Crippen molar-refractivity contribution in [1.29, 1.82) is 0 Å². The first-order valence-corrected chi connectivity index (χ1v) is 19.3.